The molecule has 0 radical (unpaired) electrons. The Morgan fingerprint density at radius 3 is 2.73 bits per heavy atom. The highest BCUT2D eigenvalue weighted by atomic mass is 32.1. The quantitative estimate of drug-likeness (QED) is 0.927. The molecule has 3 aliphatic heterocycles. The van der Waals surface area contributed by atoms with Gasteiger partial charge in [0.15, 0.2) is 0 Å². The predicted octanol–water partition coefficient (Wildman–Crippen LogP) is 2.90. The van der Waals surface area contributed by atoms with E-state index in [0.717, 1.165) is 15.2 Å². The summed E-state index contributed by atoms with van der Waals surface area (Å²) in [4.78, 5) is 19.1. The number of rotatable bonds is 2. The monoisotopic (exact) mass is 315 g/mol. The molecule has 3 aliphatic rings. The number of fused-ring (bicyclic) bond motifs is 4. The number of carbonyl (C=O) groups excluding carboxylic acids is 1. The van der Waals surface area contributed by atoms with Gasteiger partial charge in [-0.3, -0.25) is 4.79 Å². The molecule has 5 heteroatoms. The number of benzene rings is 1. The number of aryl methyl sites for hydroxylation is 1. The molecule has 4 heterocycles. The normalized spacial score (nSPS) is 30.8. The van der Waals surface area contributed by atoms with Crippen LogP contribution in [-0.2, 0) is 0 Å². The summed E-state index contributed by atoms with van der Waals surface area (Å²) in [5.74, 6) is 0.822. The van der Waals surface area contributed by atoms with E-state index in [9.17, 15) is 4.79 Å². The summed E-state index contributed by atoms with van der Waals surface area (Å²) in [6, 6.07) is 4.42. The molecule has 2 bridgehead atoms. The minimum atomic E-state index is -0.344. The van der Waals surface area contributed by atoms with Crippen LogP contribution in [0.3, 0.4) is 0 Å². The first-order valence-corrected chi connectivity index (χ1v) is 8.81. The van der Waals surface area contributed by atoms with Crippen molar-refractivity contribution in [1.29, 1.82) is 0 Å². The van der Waals surface area contributed by atoms with E-state index in [1.807, 2.05) is 19.1 Å². The van der Waals surface area contributed by atoms with Crippen molar-refractivity contribution >= 4 is 27.5 Å². The molecule has 1 amide bonds. The Bertz CT molecular complexity index is 744. The molecule has 0 unspecified atom stereocenters. The number of piperidine rings is 3. The van der Waals surface area contributed by atoms with Crippen molar-refractivity contribution in [2.75, 3.05) is 13.1 Å². The zero-order valence-electron chi connectivity index (χ0n) is 13.0. The van der Waals surface area contributed by atoms with Crippen molar-refractivity contribution in [2.24, 2.45) is 11.7 Å². The van der Waals surface area contributed by atoms with Crippen molar-refractivity contribution in [2.45, 2.75) is 38.6 Å². The van der Waals surface area contributed by atoms with E-state index < -0.39 is 0 Å². The molecule has 2 atom stereocenters. The van der Waals surface area contributed by atoms with Gasteiger partial charge in [0.2, 0.25) is 5.91 Å². The summed E-state index contributed by atoms with van der Waals surface area (Å²) in [6.45, 7) is 6.75. The van der Waals surface area contributed by atoms with Crippen molar-refractivity contribution in [3.8, 4) is 0 Å². The molecule has 1 aromatic carbocycles. The minimum Gasteiger partial charge on any atom is -0.366 e. The molecule has 1 aromatic heterocycles. The van der Waals surface area contributed by atoms with E-state index in [0.29, 0.717) is 23.4 Å². The van der Waals surface area contributed by atoms with Gasteiger partial charge in [0.05, 0.1) is 15.2 Å². The van der Waals surface area contributed by atoms with Crippen LogP contribution in [0.4, 0.5) is 0 Å². The van der Waals surface area contributed by atoms with E-state index in [4.69, 9.17) is 10.7 Å². The second-order valence-corrected chi connectivity index (χ2v) is 7.88. The number of nitrogens with two attached hydrogens (primary N) is 1. The number of nitrogens with zero attached hydrogens (tertiary/aromatic N) is 2. The molecule has 0 spiro atoms. The second-order valence-electron chi connectivity index (χ2n) is 6.65. The average Bonchev–Trinajstić information content (AvgIpc) is 2.88. The number of primary amides is 1. The fourth-order valence-electron chi connectivity index (χ4n) is 4.38. The third kappa shape index (κ3) is 2.07. The highest BCUT2D eigenvalue weighted by molar-refractivity contribution is 7.18. The summed E-state index contributed by atoms with van der Waals surface area (Å²) >= 11 is 1.65. The van der Waals surface area contributed by atoms with Crippen molar-refractivity contribution in [1.82, 2.24) is 9.88 Å². The summed E-state index contributed by atoms with van der Waals surface area (Å²) in [7, 11) is 0. The van der Waals surface area contributed by atoms with Gasteiger partial charge in [0.1, 0.15) is 0 Å². The van der Waals surface area contributed by atoms with Crippen LogP contribution in [0.2, 0.25) is 0 Å². The van der Waals surface area contributed by atoms with Gasteiger partial charge < -0.3 is 10.6 Å². The summed E-state index contributed by atoms with van der Waals surface area (Å²) in [6.07, 6.45) is 2.50. The van der Waals surface area contributed by atoms with Gasteiger partial charge in [-0.15, -0.1) is 11.3 Å². The summed E-state index contributed by atoms with van der Waals surface area (Å²) in [5, 5.41) is 1.05. The van der Waals surface area contributed by atoms with E-state index in [1.54, 1.807) is 11.3 Å². The third-order valence-corrected chi connectivity index (χ3v) is 6.37. The molecule has 22 heavy (non-hydrogen) atoms. The fourth-order valence-corrected chi connectivity index (χ4v) is 5.28. The number of aromatic nitrogens is 1. The molecule has 2 N–H and O–H groups in total. The van der Waals surface area contributed by atoms with Crippen LogP contribution < -0.4 is 5.73 Å². The van der Waals surface area contributed by atoms with Gasteiger partial charge in [-0.25, -0.2) is 4.98 Å². The number of amides is 1. The van der Waals surface area contributed by atoms with Crippen molar-refractivity contribution in [3.63, 3.8) is 0 Å². The largest absolute Gasteiger partial charge is 0.366 e. The molecular weight excluding hydrogens is 294 g/mol. The molecule has 3 fully saturated rings. The van der Waals surface area contributed by atoms with Crippen LogP contribution in [0, 0.1) is 12.8 Å². The number of hydrogen-bond donors (Lipinski definition) is 1. The molecule has 3 saturated heterocycles. The lowest BCUT2D eigenvalue weighted by Crippen LogP contribution is -2.52. The highest BCUT2D eigenvalue weighted by Gasteiger charge is 2.41. The SMILES string of the molecule is Cc1nc2c([C@H]3C4CCN(CC4)[C@H]3C)cc(C(N)=O)cc2s1. The Kier molecular flexibility index (Phi) is 3.24. The smallest absolute Gasteiger partial charge is 0.248 e. The van der Waals surface area contributed by atoms with Gasteiger partial charge in [-0.2, -0.15) is 0 Å². The van der Waals surface area contributed by atoms with Crippen LogP contribution in [-0.4, -0.2) is 34.9 Å². The minimum absolute atomic E-state index is 0.344. The maximum absolute atomic E-state index is 11.7. The zero-order chi connectivity index (χ0) is 15.4. The van der Waals surface area contributed by atoms with Gasteiger partial charge >= 0.3 is 0 Å². The summed E-state index contributed by atoms with van der Waals surface area (Å²) < 4.78 is 1.09. The lowest BCUT2D eigenvalue weighted by molar-refractivity contribution is 0.0354. The Labute approximate surface area is 134 Å². The van der Waals surface area contributed by atoms with Gasteiger partial charge in [0.25, 0.3) is 0 Å². The van der Waals surface area contributed by atoms with E-state index >= 15 is 0 Å². The van der Waals surface area contributed by atoms with Crippen LogP contribution in [0.5, 0.6) is 0 Å². The zero-order valence-corrected chi connectivity index (χ0v) is 13.8. The van der Waals surface area contributed by atoms with Crippen LogP contribution in [0.1, 0.15) is 46.6 Å². The maximum Gasteiger partial charge on any atom is 0.248 e. The molecule has 4 nitrogen and oxygen atoms in total. The maximum atomic E-state index is 11.7. The van der Waals surface area contributed by atoms with Gasteiger partial charge in [0, 0.05) is 17.5 Å². The summed E-state index contributed by atoms with van der Waals surface area (Å²) in [5.41, 5.74) is 8.49. The third-order valence-electron chi connectivity index (χ3n) is 5.45. The number of carbonyl (C=O) groups is 1. The first-order valence-electron chi connectivity index (χ1n) is 7.99. The Hall–Kier alpha value is -1.46. The molecule has 0 aliphatic carbocycles. The number of hydrogen-bond acceptors (Lipinski definition) is 4. The number of thiazole rings is 1. The average molecular weight is 315 g/mol. The van der Waals surface area contributed by atoms with Gasteiger partial charge in [-0.05, 0) is 63.4 Å². The lowest BCUT2D eigenvalue weighted by Gasteiger charge is -2.50. The fraction of sp³-hybridized carbons (Fsp3) is 0.529. The molecule has 5 rings (SSSR count). The standard InChI is InChI=1S/C17H21N3OS/c1-9-15(11-3-5-20(9)6-4-11)13-7-12(17(18)21)8-14-16(13)19-10(2)22-14/h7-9,11,15H,3-6H2,1-2H3,(H2,18,21)/t9-,15+/m0/s1. The molecule has 116 valence electrons. The molecular formula is C17H21N3OS. The lowest BCUT2D eigenvalue weighted by atomic mass is 9.70. The van der Waals surface area contributed by atoms with Crippen LogP contribution >= 0.6 is 11.3 Å². The molecule has 2 aromatic rings. The van der Waals surface area contributed by atoms with E-state index in [-0.39, 0.29) is 5.91 Å². The first-order chi connectivity index (χ1) is 10.5. The van der Waals surface area contributed by atoms with Crippen LogP contribution in [0.25, 0.3) is 10.2 Å². The molecule has 0 saturated carbocycles. The van der Waals surface area contributed by atoms with Gasteiger partial charge in [-0.1, -0.05) is 0 Å². The Morgan fingerprint density at radius 1 is 1.36 bits per heavy atom. The second kappa shape index (κ2) is 5.03. The Morgan fingerprint density at radius 2 is 2.09 bits per heavy atom. The Balaban J connectivity index is 1.91. The first kappa shape index (κ1) is 14.2. The topological polar surface area (TPSA) is 59.2 Å². The van der Waals surface area contributed by atoms with E-state index in [2.05, 4.69) is 11.8 Å². The van der Waals surface area contributed by atoms with E-state index in [1.165, 1.54) is 31.5 Å². The van der Waals surface area contributed by atoms with Crippen molar-refractivity contribution < 1.29 is 4.79 Å². The highest BCUT2D eigenvalue weighted by Crippen LogP contribution is 2.45. The van der Waals surface area contributed by atoms with Crippen molar-refractivity contribution in [3.05, 3.63) is 28.3 Å². The predicted molar refractivity (Wildman–Crippen MR) is 89.4 cm³/mol. The van der Waals surface area contributed by atoms with Crippen LogP contribution in [0.15, 0.2) is 12.1 Å².